The Bertz CT molecular complexity index is 377. The van der Waals surface area contributed by atoms with Crippen LogP contribution in [0.25, 0.3) is 0 Å². The molecule has 1 amide bonds. The Balaban J connectivity index is 2.80. The molecule has 1 rings (SSSR count). The number of nitrogens with one attached hydrogen (secondary N) is 1. The molecule has 0 bridgehead atoms. The van der Waals surface area contributed by atoms with Crippen LogP contribution in [0.1, 0.15) is 17.3 Å². The number of hydrogen-bond acceptors (Lipinski definition) is 5. The van der Waals surface area contributed by atoms with Crippen molar-refractivity contribution in [2.24, 2.45) is 0 Å². The maximum absolute atomic E-state index is 11.6. The van der Waals surface area contributed by atoms with Gasteiger partial charge in [-0.25, -0.2) is 0 Å². The highest BCUT2D eigenvalue weighted by Crippen LogP contribution is 2.10. The molecule has 0 atom stereocenters. The maximum Gasteiger partial charge on any atom is 0.253 e. The molecule has 0 saturated carbocycles. The molecule has 0 aliphatic carbocycles. The van der Waals surface area contributed by atoms with Gasteiger partial charge in [-0.1, -0.05) is 0 Å². The number of aliphatic hydroxyl groups is 2. The van der Waals surface area contributed by atoms with Gasteiger partial charge in [0.15, 0.2) is 0 Å². The lowest BCUT2D eigenvalue weighted by molar-refractivity contribution is 0.0723. The molecule has 0 fully saturated rings. The Morgan fingerprint density at radius 2 is 2.06 bits per heavy atom. The molecule has 1 aromatic heterocycles. The Morgan fingerprint density at radius 3 is 2.56 bits per heavy atom. The van der Waals surface area contributed by atoms with Crippen molar-refractivity contribution < 1.29 is 20.1 Å². The standard InChI is InChI=1S/C10H14N2O4/c1-10(5-13,6-14)12-9(16)7-2-8(15)4-11-3-7/h2-4,13-15H,5-6H2,1H3,(H,12,16). The molecule has 0 aromatic carbocycles. The van der Waals surface area contributed by atoms with Gasteiger partial charge < -0.3 is 20.6 Å². The summed E-state index contributed by atoms with van der Waals surface area (Å²) in [7, 11) is 0. The van der Waals surface area contributed by atoms with E-state index in [1.807, 2.05) is 0 Å². The predicted molar refractivity (Wildman–Crippen MR) is 55.9 cm³/mol. The van der Waals surface area contributed by atoms with Gasteiger partial charge in [0.05, 0.1) is 30.5 Å². The van der Waals surface area contributed by atoms with Gasteiger partial charge in [-0.3, -0.25) is 9.78 Å². The van der Waals surface area contributed by atoms with E-state index in [0.717, 1.165) is 0 Å². The Hall–Kier alpha value is -1.66. The minimum atomic E-state index is -1.09. The molecule has 1 aromatic rings. The zero-order chi connectivity index (χ0) is 12.2. The third-order valence-electron chi connectivity index (χ3n) is 2.10. The normalized spacial score (nSPS) is 11.2. The first kappa shape index (κ1) is 12.4. The van der Waals surface area contributed by atoms with Crippen LogP contribution in [0.3, 0.4) is 0 Å². The quantitative estimate of drug-likeness (QED) is 0.541. The van der Waals surface area contributed by atoms with E-state index in [4.69, 9.17) is 15.3 Å². The highest BCUT2D eigenvalue weighted by atomic mass is 16.3. The second kappa shape index (κ2) is 4.91. The van der Waals surface area contributed by atoms with E-state index >= 15 is 0 Å². The molecule has 0 radical (unpaired) electrons. The molecule has 0 spiro atoms. The van der Waals surface area contributed by atoms with Crippen molar-refractivity contribution in [2.45, 2.75) is 12.5 Å². The zero-order valence-corrected chi connectivity index (χ0v) is 8.84. The number of carbonyl (C=O) groups is 1. The average molecular weight is 226 g/mol. The number of aromatic hydroxyl groups is 1. The smallest absolute Gasteiger partial charge is 0.253 e. The first-order valence-electron chi connectivity index (χ1n) is 4.69. The van der Waals surface area contributed by atoms with Crippen LogP contribution in [-0.4, -0.2) is 45.0 Å². The molecule has 88 valence electrons. The Labute approximate surface area is 92.6 Å². The molecule has 0 unspecified atom stereocenters. The SMILES string of the molecule is CC(CO)(CO)NC(=O)c1cncc(O)c1. The lowest BCUT2D eigenvalue weighted by Gasteiger charge is -2.26. The lowest BCUT2D eigenvalue weighted by Crippen LogP contribution is -2.51. The van der Waals surface area contributed by atoms with Crippen LogP contribution in [-0.2, 0) is 0 Å². The summed E-state index contributed by atoms with van der Waals surface area (Å²) in [5.41, 5.74) is -0.934. The maximum atomic E-state index is 11.6. The Kier molecular flexibility index (Phi) is 3.81. The number of carbonyl (C=O) groups excluding carboxylic acids is 1. The van der Waals surface area contributed by atoms with Crippen LogP contribution >= 0.6 is 0 Å². The van der Waals surface area contributed by atoms with Crippen LogP contribution in [0.15, 0.2) is 18.5 Å². The van der Waals surface area contributed by atoms with Crippen molar-refractivity contribution in [3.8, 4) is 5.75 Å². The molecule has 0 aliphatic rings. The van der Waals surface area contributed by atoms with Gasteiger partial charge in [0.2, 0.25) is 0 Å². The van der Waals surface area contributed by atoms with Crippen LogP contribution in [0.4, 0.5) is 0 Å². The topological polar surface area (TPSA) is 103 Å². The van der Waals surface area contributed by atoms with E-state index < -0.39 is 11.4 Å². The van der Waals surface area contributed by atoms with Gasteiger partial charge in [-0.15, -0.1) is 0 Å². The average Bonchev–Trinajstić information content (AvgIpc) is 2.29. The summed E-state index contributed by atoms with van der Waals surface area (Å²) in [4.78, 5) is 15.3. The molecule has 0 saturated heterocycles. The van der Waals surface area contributed by atoms with Crippen molar-refractivity contribution in [3.05, 3.63) is 24.0 Å². The van der Waals surface area contributed by atoms with Crippen molar-refractivity contribution in [2.75, 3.05) is 13.2 Å². The first-order valence-corrected chi connectivity index (χ1v) is 4.69. The summed E-state index contributed by atoms with van der Waals surface area (Å²) in [6, 6.07) is 1.25. The Morgan fingerprint density at radius 1 is 1.44 bits per heavy atom. The van der Waals surface area contributed by atoms with E-state index in [1.54, 1.807) is 0 Å². The number of hydrogen-bond donors (Lipinski definition) is 4. The van der Waals surface area contributed by atoms with E-state index in [9.17, 15) is 4.79 Å². The number of aromatic nitrogens is 1. The van der Waals surface area contributed by atoms with E-state index in [0.29, 0.717) is 0 Å². The largest absolute Gasteiger partial charge is 0.506 e. The summed E-state index contributed by atoms with van der Waals surface area (Å²) in [6.45, 7) is 0.726. The van der Waals surface area contributed by atoms with Gasteiger partial charge >= 0.3 is 0 Å². The van der Waals surface area contributed by atoms with Gasteiger partial charge in [-0.05, 0) is 13.0 Å². The minimum Gasteiger partial charge on any atom is -0.506 e. The second-order valence-corrected chi connectivity index (χ2v) is 3.76. The molecule has 0 aliphatic heterocycles. The molecule has 6 heteroatoms. The van der Waals surface area contributed by atoms with Gasteiger partial charge in [0.25, 0.3) is 5.91 Å². The van der Waals surface area contributed by atoms with Crippen LogP contribution in [0.5, 0.6) is 5.75 Å². The van der Waals surface area contributed by atoms with Crippen LogP contribution < -0.4 is 5.32 Å². The fraction of sp³-hybridized carbons (Fsp3) is 0.400. The summed E-state index contributed by atoms with van der Waals surface area (Å²) >= 11 is 0. The molecular weight excluding hydrogens is 212 g/mol. The van der Waals surface area contributed by atoms with Gasteiger partial charge in [0.1, 0.15) is 5.75 Å². The predicted octanol–water partition coefficient (Wildman–Crippen LogP) is -0.740. The van der Waals surface area contributed by atoms with Crippen molar-refractivity contribution in [1.29, 1.82) is 0 Å². The van der Waals surface area contributed by atoms with Crippen molar-refractivity contribution in [1.82, 2.24) is 10.3 Å². The number of aliphatic hydroxyl groups excluding tert-OH is 2. The van der Waals surface area contributed by atoms with Crippen molar-refractivity contribution in [3.63, 3.8) is 0 Å². The summed E-state index contributed by atoms with van der Waals surface area (Å²) in [5.74, 6) is -0.642. The van der Waals surface area contributed by atoms with E-state index in [2.05, 4.69) is 10.3 Å². The third-order valence-corrected chi connectivity index (χ3v) is 2.10. The van der Waals surface area contributed by atoms with E-state index in [-0.39, 0.29) is 24.5 Å². The fourth-order valence-corrected chi connectivity index (χ4v) is 1.03. The fourth-order valence-electron chi connectivity index (χ4n) is 1.03. The highest BCUT2D eigenvalue weighted by Gasteiger charge is 2.25. The monoisotopic (exact) mass is 226 g/mol. The third kappa shape index (κ3) is 2.91. The first-order chi connectivity index (χ1) is 7.50. The molecule has 1 heterocycles. The molecular formula is C10H14N2O4. The highest BCUT2D eigenvalue weighted by molar-refractivity contribution is 5.94. The number of rotatable bonds is 4. The van der Waals surface area contributed by atoms with Crippen LogP contribution in [0, 0.1) is 0 Å². The van der Waals surface area contributed by atoms with Gasteiger partial charge in [-0.2, -0.15) is 0 Å². The summed E-state index contributed by atoms with van der Waals surface area (Å²) in [6.07, 6.45) is 2.48. The van der Waals surface area contributed by atoms with E-state index in [1.165, 1.54) is 25.4 Å². The summed E-state index contributed by atoms with van der Waals surface area (Å²) in [5, 5.41) is 29.6. The van der Waals surface area contributed by atoms with Crippen LogP contribution in [0.2, 0.25) is 0 Å². The minimum absolute atomic E-state index is 0.123. The number of amides is 1. The lowest BCUT2D eigenvalue weighted by atomic mass is 10.0. The summed E-state index contributed by atoms with van der Waals surface area (Å²) < 4.78 is 0. The molecule has 16 heavy (non-hydrogen) atoms. The molecule has 6 nitrogen and oxygen atoms in total. The molecule has 4 N–H and O–H groups in total. The zero-order valence-electron chi connectivity index (χ0n) is 8.84. The van der Waals surface area contributed by atoms with Crippen molar-refractivity contribution >= 4 is 5.91 Å². The number of nitrogens with zero attached hydrogens (tertiary/aromatic N) is 1. The second-order valence-electron chi connectivity index (χ2n) is 3.76. The number of pyridine rings is 1. The van der Waals surface area contributed by atoms with Gasteiger partial charge in [0, 0.05) is 6.20 Å².